The van der Waals surface area contributed by atoms with Gasteiger partial charge in [0.05, 0.1) is 6.61 Å². The van der Waals surface area contributed by atoms with Crippen molar-refractivity contribution < 1.29 is 19.1 Å². The van der Waals surface area contributed by atoms with Gasteiger partial charge in [0.25, 0.3) is 0 Å². The van der Waals surface area contributed by atoms with E-state index in [2.05, 4.69) is 56.5 Å². The van der Waals surface area contributed by atoms with E-state index in [0.717, 1.165) is 129 Å². The topological polar surface area (TPSA) is 73.4 Å². The number of nitrogens with zero attached hydrogens (tertiary/aromatic N) is 4. The Balaban J connectivity index is 4.65. The van der Waals surface area contributed by atoms with Crippen LogP contribution in [0.15, 0.2) is 0 Å². The van der Waals surface area contributed by atoms with Gasteiger partial charge in [0.1, 0.15) is 0 Å². The van der Waals surface area contributed by atoms with Crippen LogP contribution in [0.1, 0.15) is 342 Å². The summed E-state index contributed by atoms with van der Waals surface area (Å²) >= 11 is 0. The molecule has 0 N–H and O–H groups in total. The normalized spacial score (nSPS) is 11.5. The number of carbonyl (C=O) groups is 3. The molecule has 0 aromatic carbocycles. The Morgan fingerprint density at radius 3 is 0.716 bits per heavy atom. The molecule has 0 aliphatic heterocycles. The summed E-state index contributed by atoms with van der Waals surface area (Å²) in [5.41, 5.74) is 0. The molecule has 0 rings (SSSR count). The minimum Gasteiger partial charge on any atom is -0.449 e. The Bertz CT molecular complexity index is 1050. The Kier molecular flexibility index (Phi) is 57.4. The van der Waals surface area contributed by atoms with Gasteiger partial charge in [-0.3, -0.25) is 9.59 Å². The van der Waals surface area contributed by atoms with E-state index in [4.69, 9.17) is 4.74 Å². The van der Waals surface area contributed by atoms with Crippen LogP contribution in [-0.4, -0.2) is 104 Å². The van der Waals surface area contributed by atoms with Crippen LogP contribution in [0.25, 0.3) is 0 Å². The van der Waals surface area contributed by atoms with Crippen LogP contribution in [0.3, 0.4) is 0 Å². The van der Waals surface area contributed by atoms with E-state index >= 15 is 0 Å². The van der Waals surface area contributed by atoms with Crippen LogP contribution in [0, 0.1) is 0 Å². The lowest BCUT2D eigenvalue weighted by atomic mass is 10.1. The molecule has 0 heterocycles. The van der Waals surface area contributed by atoms with E-state index in [1.807, 2.05) is 4.90 Å². The van der Waals surface area contributed by atoms with Gasteiger partial charge in [-0.25, -0.2) is 4.79 Å². The summed E-state index contributed by atoms with van der Waals surface area (Å²) in [6.07, 6.45) is 59.8. The molecule has 0 spiro atoms. The highest BCUT2D eigenvalue weighted by molar-refractivity contribution is 5.76. The molecule has 0 aromatic rings. The smallest absolute Gasteiger partial charge is 0.409 e. The molecule has 0 saturated carbocycles. The number of rotatable bonds is 60. The van der Waals surface area contributed by atoms with E-state index in [1.54, 1.807) is 0 Å². The van der Waals surface area contributed by atoms with Crippen LogP contribution in [-0.2, 0) is 14.3 Å². The van der Waals surface area contributed by atoms with Gasteiger partial charge in [0.15, 0.2) is 0 Å². The monoisotopic (exact) mass is 1050 g/mol. The highest BCUT2D eigenvalue weighted by Crippen LogP contribution is 2.18. The van der Waals surface area contributed by atoms with Gasteiger partial charge < -0.3 is 24.3 Å². The molecule has 74 heavy (non-hydrogen) atoms. The van der Waals surface area contributed by atoms with E-state index < -0.39 is 0 Å². The summed E-state index contributed by atoms with van der Waals surface area (Å²) in [6.45, 7) is 15.9. The van der Waals surface area contributed by atoms with Crippen LogP contribution < -0.4 is 0 Å². The van der Waals surface area contributed by atoms with E-state index in [9.17, 15) is 14.4 Å². The lowest BCUT2D eigenvalue weighted by molar-refractivity contribution is -0.132. The van der Waals surface area contributed by atoms with Crippen LogP contribution in [0.5, 0.6) is 0 Å². The van der Waals surface area contributed by atoms with E-state index in [-0.39, 0.29) is 6.09 Å². The van der Waals surface area contributed by atoms with Gasteiger partial charge in [-0.15, -0.1) is 0 Å². The second kappa shape index (κ2) is 58.8. The third-order valence-corrected chi connectivity index (χ3v) is 15.7. The van der Waals surface area contributed by atoms with Gasteiger partial charge in [-0.2, -0.15) is 0 Å². The summed E-state index contributed by atoms with van der Waals surface area (Å²) in [7, 11) is 4.12. The largest absolute Gasteiger partial charge is 0.449 e. The number of ether oxygens (including phenoxy) is 1. The number of hydrogen-bond acceptors (Lipinski definition) is 5. The molecule has 0 bridgehead atoms. The molecule has 0 atom stereocenters. The molecule has 440 valence electrons. The summed E-state index contributed by atoms with van der Waals surface area (Å²) < 4.78 is 5.76. The number of amides is 3. The molecule has 0 saturated heterocycles. The molecule has 8 nitrogen and oxygen atoms in total. The number of carbonyl (C=O) groups excluding carboxylic acids is 3. The fourth-order valence-corrected chi connectivity index (χ4v) is 10.6. The lowest BCUT2D eigenvalue weighted by Crippen LogP contribution is -2.34. The molecule has 0 radical (unpaired) electrons. The Hall–Kier alpha value is -1.83. The zero-order chi connectivity index (χ0) is 54.1. The molecule has 0 aromatic heterocycles. The van der Waals surface area contributed by atoms with Gasteiger partial charge in [0.2, 0.25) is 11.8 Å². The molecule has 0 fully saturated rings. The van der Waals surface area contributed by atoms with Crippen molar-refractivity contribution in [1.82, 2.24) is 19.6 Å². The summed E-state index contributed by atoms with van der Waals surface area (Å²) in [5.74, 6) is 0.784. The Morgan fingerprint density at radius 2 is 0.473 bits per heavy atom. The molecule has 8 heteroatoms. The quantitative estimate of drug-likeness (QED) is 0.0568. The third kappa shape index (κ3) is 51.0. The van der Waals surface area contributed by atoms with Crippen LogP contribution in [0.4, 0.5) is 4.79 Å². The number of unbranched alkanes of at least 4 members (excludes halogenated alkanes) is 40. The summed E-state index contributed by atoms with van der Waals surface area (Å²) in [5, 5.41) is 0. The summed E-state index contributed by atoms with van der Waals surface area (Å²) in [6, 6.07) is 0. The molecule has 0 unspecified atom stereocenters. The fourth-order valence-electron chi connectivity index (χ4n) is 10.6. The minimum absolute atomic E-state index is 0.143. The van der Waals surface area contributed by atoms with E-state index in [0.29, 0.717) is 31.3 Å². The minimum atomic E-state index is -0.143. The average molecular weight is 1050 g/mol. The van der Waals surface area contributed by atoms with Crippen LogP contribution >= 0.6 is 0 Å². The average Bonchev–Trinajstić information content (AvgIpc) is 3.39. The van der Waals surface area contributed by atoms with Crippen molar-refractivity contribution in [2.75, 3.05) is 66.5 Å². The number of hydrogen-bond donors (Lipinski definition) is 0. The summed E-state index contributed by atoms with van der Waals surface area (Å²) in [4.78, 5) is 48.6. The van der Waals surface area contributed by atoms with E-state index in [1.165, 1.54) is 218 Å². The van der Waals surface area contributed by atoms with Crippen molar-refractivity contribution in [1.29, 1.82) is 0 Å². The zero-order valence-electron chi connectivity index (χ0n) is 51.2. The van der Waals surface area contributed by atoms with Crippen molar-refractivity contribution in [2.24, 2.45) is 0 Å². The standard InChI is InChI=1S/C66H132N4O4/c1-7-11-15-19-23-31-39-47-57-68(58-48-40-32-24-20-16-12-8-2)64(71)54-45-37-29-27-35-43-51-61-70(66(73)74-63-53-56-67(5)6)62-52-44-36-28-30-38-46-55-65(72)69(59-49-41-33-25-21-17-13-9-3)60-50-42-34-26-22-18-14-10-4/h7-63H2,1-6H3. The van der Waals surface area contributed by atoms with Gasteiger partial charge in [-0.1, -0.05) is 272 Å². The van der Waals surface area contributed by atoms with Crippen molar-refractivity contribution in [3.05, 3.63) is 0 Å². The second-order valence-corrected chi connectivity index (χ2v) is 23.4. The maximum absolute atomic E-state index is 13.4. The van der Waals surface area contributed by atoms with Gasteiger partial charge in [0, 0.05) is 58.7 Å². The lowest BCUT2D eigenvalue weighted by Gasteiger charge is -2.23. The van der Waals surface area contributed by atoms with Crippen molar-refractivity contribution in [3.63, 3.8) is 0 Å². The first-order valence-corrected chi connectivity index (χ1v) is 33.4. The van der Waals surface area contributed by atoms with Crippen molar-refractivity contribution >= 4 is 17.9 Å². The first-order chi connectivity index (χ1) is 36.3. The highest BCUT2D eigenvalue weighted by Gasteiger charge is 2.16. The molecular weight excluding hydrogens is 913 g/mol. The Morgan fingerprint density at radius 1 is 0.257 bits per heavy atom. The molecule has 0 aliphatic rings. The predicted octanol–water partition coefficient (Wildman–Crippen LogP) is 19.8. The first-order valence-electron chi connectivity index (χ1n) is 33.4. The molecule has 0 aliphatic carbocycles. The van der Waals surface area contributed by atoms with Crippen molar-refractivity contribution in [2.45, 2.75) is 342 Å². The first kappa shape index (κ1) is 72.2. The molecular formula is C66H132N4O4. The SMILES string of the molecule is CCCCCCCCCCN(CCCCCCCCCC)C(=O)CCCCCCCCCN(CCCCCCCCCC(=O)N(CCCCCCCCCC)CCCCCCCCCC)C(=O)OCCCN(C)C. The van der Waals surface area contributed by atoms with Gasteiger partial charge in [-0.05, 0) is 71.9 Å². The molecule has 3 amide bonds. The maximum Gasteiger partial charge on any atom is 0.409 e. The van der Waals surface area contributed by atoms with Crippen molar-refractivity contribution in [3.8, 4) is 0 Å². The van der Waals surface area contributed by atoms with Gasteiger partial charge >= 0.3 is 6.09 Å². The third-order valence-electron chi connectivity index (χ3n) is 15.7. The zero-order valence-corrected chi connectivity index (χ0v) is 51.2. The maximum atomic E-state index is 13.4. The van der Waals surface area contributed by atoms with Crippen LogP contribution in [0.2, 0.25) is 0 Å². The highest BCUT2D eigenvalue weighted by atomic mass is 16.6. The Labute approximate surface area is 463 Å². The second-order valence-electron chi connectivity index (χ2n) is 23.4. The fraction of sp³-hybridized carbons (Fsp3) is 0.955. The predicted molar refractivity (Wildman–Crippen MR) is 324 cm³/mol.